The smallest absolute Gasteiger partial charge is 0.407 e. The zero-order valence-electron chi connectivity index (χ0n) is 16.9. The van der Waals surface area contributed by atoms with Crippen LogP contribution in [0, 0.1) is 11.3 Å². The van der Waals surface area contributed by atoms with Gasteiger partial charge in [0.1, 0.15) is 0 Å². The van der Waals surface area contributed by atoms with Gasteiger partial charge in [-0.15, -0.1) is 0 Å². The van der Waals surface area contributed by atoms with Crippen molar-refractivity contribution in [2.75, 3.05) is 32.1 Å². The van der Waals surface area contributed by atoms with E-state index < -0.39 is 33.5 Å². The number of rotatable bonds is 14. The van der Waals surface area contributed by atoms with Gasteiger partial charge in [-0.3, -0.25) is 13.8 Å². The molecule has 0 spiro atoms. The summed E-state index contributed by atoms with van der Waals surface area (Å²) >= 11 is 0. The number of hydrogen-bond donors (Lipinski definition) is 3. The summed E-state index contributed by atoms with van der Waals surface area (Å²) in [5.74, 6) is -1.83. The zero-order valence-corrected chi connectivity index (χ0v) is 17.8. The van der Waals surface area contributed by atoms with Crippen LogP contribution >= 0.6 is 0 Å². The van der Waals surface area contributed by atoms with Crippen LogP contribution in [0.4, 0.5) is 4.79 Å². The molecular weight excluding hydrogens is 392 g/mol. The predicted octanol–water partition coefficient (Wildman–Crippen LogP) is 1.11. The molecular formula is C17H32N2O8S. The van der Waals surface area contributed by atoms with E-state index in [0.717, 1.165) is 0 Å². The molecule has 0 aromatic heterocycles. The van der Waals surface area contributed by atoms with Gasteiger partial charge in [0.25, 0.3) is 10.1 Å². The van der Waals surface area contributed by atoms with E-state index in [1.807, 2.05) is 0 Å². The van der Waals surface area contributed by atoms with Crippen molar-refractivity contribution in [2.45, 2.75) is 47.0 Å². The molecule has 0 aliphatic heterocycles. The number of carbonyl (C=O) groups excluding carboxylic acids is 2. The van der Waals surface area contributed by atoms with E-state index in [0.29, 0.717) is 12.8 Å². The normalized spacial score (nSPS) is 12.9. The third-order valence-electron chi connectivity index (χ3n) is 3.72. The molecule has 2 amide bonds. The van der Waals surface area contributed by atoms with E-state index in [4.69, 9.17) is 14.0 Å². The van der Waals surface area contributed by atoms with Crippen molar-refractivity contribution < 1.29 is 36.8 Å². The fourth-order valence-corrected chi connectivity index (χ4v) is 3.03. The fourth-order valence-electron chi connectivity index (χ4n) is 1.91. The standard InChI is InChI=1S/C17H32N2O8S/c1-13(15(21)22)7-5-9-26-16(23)19-11-17(3,4)12-27-28(24,25)10-6-8-18-14(2)20/h13H,5-12H2,1-4H3,(H,18,20)(H,19,23)(H,21,22). The Bertz CT molecular complexity index is 619. The number of carboxylic acids is 1. The Balaban J connectivity index is 4.07. The topological polar surface area (TPSA) is 148 Å². The van der Waals surface area contributed by atoms with Crippen molar-refractivity contribution in [1.29, 1.82) is 0 Å². The molecule has 0 heterocycles. The predicted molar refractivity (Wildman–Crippen MR) is 102 cm³/mol. The molecule has 10 nitrogen and oxygen atoms in total. The molecule has 28 heavy (non-hydrogen) atoms. The molecule has 1 unspecified atom stereocenters. The third-order valence-corrected chi connectivity index (χ3v) is 4.99. The number of carbonyl (C=O) groups is 3. The molecule has 1 atom stereocenters. The van der Waals surface area contributed by atoms with Gasteiger partial charge in [0.05, 0.1) is 24.9 Å². The van der Waals surface area contributed by atoms with Crippen LogP contribution in [0.3, 0.4) is 0 Å². The van der Waals surface area contributed by atoms with Crippen molar-refractivity contribution in [2.24, 2.45) is 11.3 Å². The van der Waals surface area contributed by atoms with Gasteiger partial charge >= 0.3 is 12.1 Å². The highest BCUT2D eigenvalue weighted by Gasteiger charge is 2.23. The van der Waals surface area contributed by atoms with Crippen LogP contribution in [0.15, 0.2) is 0 Å². The van der Waals surface area contributed by atoms with Crippen LogP contribution in [0.25, 0.3) is 0 Å². The average Bonchev–Trinajstić information content (AvgIpc) is 2.59. The molecule has 0 saturated carbocycles. The maximum absolute atomic E-state index is 11.8. The molecule has 0 aliphatic carbocycles. The second-order valence-electron chi connectivity index (χ2n) is 7.40. The lowest BCUT2D eigenvalue weighted by Gasteiger charge is -2.24. The van der Waals surface area contributed by atoms with Crippen LogP contribution in [0.2, 0.25) is 0 Å². The van der Waals surface area contributed by atoms with Crippen LogP contribution in [0.1, 0.15) is 47.0 Å². The van der Waals surface area contributed by atoms with E-state index >= 15 is 0 Å². The van der Waals surface area contributed by atoms with E-state index in [9.17, 15) is 22.8 Å². The van der Waals surface area contributed by atoms with Gasteiger partial charge in [-0.25, -0.2) is 4.79 Å². The highest BCUT2D eigenvalue weighted by atomic mass is 32.2. The monoisotopic (exact) mass is 424 g/mol. The number of ether oxygens (including phenoxy) is 1. The SMILES string of the molecule is CC(=O)NCCCS(=O)(=O)OCC(C)(C)CNC(=O)OCCCC(C)C(=O)O. The summed E-state index contributed by atoms with van der Waals surface area (Å²) < 4.78 is 33.7. The first kappa shape index (κ1) is 26.1. The first-order chi connectivity index (χ1) is 12.8. The van der Waals surface area contributed by atoms with E-state index in [-0.39, 0.29) is 44.4 Å². The summed E-state index contributed by atoms with van der Waals surface area (Å²) in [4.78, 5) is 33.1. The molecule has 0 aromatic carbocycles. The summed E-state index contributed by atoms with van der Waals surface area (Å²) in [5, 5.41) is 13.8. The molecule has 0 aliphatic rings. The van der Waals surface area contributed by atoms with Gasteiger partial charge in [0.15, 0.2) is 0 Å². The van der Waals surface area contributed by atoms with E-state index in [1.165, 1.54) is 6.92 Å². The first-order valence-corrected chi connectivity index (χ1v) is 10.7. The Morgan fingerprint density at radius 1 is 1.14 bits per heavy atom. The van der Waals surface area contributed by atoms with Gasteiger partial charge < -0.3 is 20.5 Å². The average molecular weight is 425 g/mol. The zero-order chi connectivity index (χ0) is 21.8. The fraction of sp³-hybridized carbons (Fsp3) is 0.824. The highest BCUT2D eigenvalue weighted by Crippen LogP contribution is 2.16. The van der Waals surface area contributed by atoms with Gasteiger partial charge in [-0.05, 0) is 19.3 Å². The first-order valence-electron chi connectivity index (χ1n) is 9.09. The summed E-state index contributed by atoms with van der Waals surface area (Å²) in [7, 11) is -3.73. The van der Waals surface area contributed by atoms with Gasteiger partial charge in [0.2, 0.25) is 5.91 Å². The van der Waals surface area contributed by atoms with Crippen LogP contribution in [0.5, 0.6) is 0 Å². The Morgan fingerprint density at radius 2 is 1.79 bits per heavy atom. The molecule has 3 N–H and O–H groups in total. The number of aliphatic carboxylic acids is 1. The van der Waals surface area contributed by atoms with Gasteiger partial charge in [0, 0.05) is 25.4 Å². The second kappa shape index (κ2) is 12.6. The van der Waals surface area contributed by atoms with Crippen molar-refractivity contribution in [3.8, 4) is 0 Å². The Morgan fingerprint density at radius 3 is 2.36 bits per heavy atom. The third kappa shape index (κ3) is 14.2. The Hall–Kier alpha value is -1.88. The highest BCUT2D eigenvalue weighted by molar-refractivity contribution is 7.86. The molecule has 164 valence electrons. The van der Waals surface area contributed by atoms with Crippen molar-refractivity contribution in [3.05, 3.63) is 0 Å². The molecule has 0 rings (SSSR count). The maximum Gasteiger partial charge on any atom is 0.407 e. The number of amides is 2. The van der Waals surface area contributed by atoms with Gasteiger partial charge in [-0.1, -0.05) is 20.8 Å². The second-order valence-corrected chi connectivity index (χ2v) is 9.16. The van der Waals surface area contributed by atoms with Crippen molar-refractivity contribution >= 4 is 28.1 Å². The maximum atomic E-state index is 11.8. The molecule has 0 saturated heterocycles. The molecule has 11 heteroatoms. The molecule has 0 radical (unpaired) electrons. The van der Waals surface area contributed by atoms with E-state index in [2.05, 4.69) is 10.6 Å². The Kier molecular flexibility index (Phi) is 11.7. The lowest BCUT2D eigenvalue weighted by atomic mass is 9.95. The Labute approximate surface area is 166 Å². The van der Waals surface area contributed by atoms with E-state index in [1.54, 1.807) is 20.8 Å². The molecule has 0 fully saturated rings. The van der Waals surface area contributed by atoms with Crippen molar-refractivity contribution in [3.63, 3.8) is 0 Å². The van der Waals surface area contributed by atoms with Crippen LogP contribution < -0.4 is 10.6 Å². The summed E-state index contributed by atoms with van der Waals surface area (Å²) in [6.07, 6.45) is 0.424. The molecule has 0 bridgehead atoms. The van der Waals surface area contributed by atoms with Crippen LogP contribution in [-0.4, -0.2) is 63.6 Å². The van der Waals surface area contributed by atoms with Crippen LogP contribution in [-0.2, 0) is 28.6 Å². The lowest BCUT2D eigenvalue weighted by molar-refractivity contribution is -0.141. The molecule has 0 aromatic rings. The summed E-state index contributed by atoms with van der Waals surface area (Å²) in [6, 6.07) is 0. The number of alkyl carbamates (subject to hydrolysis) is 1. The van der Waals surface area contributed by atoms with Crippen molar-refractivity contribution in [1.82, 2.24) is 10.6 Å². The minimum Gasteiger partial charge on any atom is -0.481 e. The largest absolute Gasteiger partial charge is 0.481 e. The van der Waals surface area contributed by atoms with Gasteiger partial charge in [-0.2, -0.15) is 8.42 Å². The summed E-state index contributed by atoms with van der Waals surface area (Å²) in [6.45, 7) is 6.76. The summed E-state index contributed by atoms with van der Waals surface area (Å²) in [5.41, 5.74) is -0.651. The minimum absolute atomic E-state index is 0.100. The quantitative estimate of drug-likeness (QED) is 0.277. The lowest BCUT2D eigenvalue weighted by Crippen LogP contribution is -2.38. The number of nitrogens with one attached hydrogen (secondary N) is 2. The minimum atomic E-state index is -3.73. The number of hydrogen-bond acceptors (Lipinski definition) is 7. The number of carboxylic acid groups (broad SMARTS) is 1.